The normalized spacial score (nSPS) is 14.9. The van der Waals surface area contributed by atoms with Crippen LogP contribution in [0.3, 0.4) is 0 Å². The van der Waals surface area contributed by atoms with Crippen molar-refractivity contribution in [3.8, 4) is 0 Å². The Balaban J connectivity index is 0. The Morgan fingerprint density at radius 3 is 2.11 bits per heavy atom. The summed E-state index contributed by atoms with van der Waals surface area (Å²) in [7, 11) is 0. The van der Waals surface area contributed by atoms with Crippen molar-refractivity contribution in [1.82, 2.24) is 0 Å². The Bertz CT molecular complexity index is 138. The summed E-state index contributed by atoms with van der Waals surface area (Å²) in [5.74, 6) is 0. The molecular weight excluding hydrogens is 422 g/mol. The van der Waals surface area contributed by atoms with Gasteiger partial charge in [0, 0.05) is 0 Å². The monoisotopic (exact) mass is 431 g/mol. The van der Waals surface area contributed by atoms with Crippen molar-refractivity contribution < 1.29 is 18.6 Å². The number of hydrogen-bond donors (Lipinski definition) is 0. The Labute approximate surface area is 87.2 Å². The maximum atomic E-state index is 2.21. The molecule has 0 saturated carbocycles. The first-order valence-corrected chi connectivity index (χ1v) is 3.58. The zero-order chi connectivity index (χ0) is 5.28. The molecule has 0 amide bonds. The average molecular weight is 431 g/mol. The van der Waals surface area contributed by atoms with E-state index in [2.05, 4.69) is 19.1 Å². The fourth-order valence-electron chi connectivity index (χ4n) is 0.586. The predicted octanol–water partition coefficient (Wildman–Crippen LogP) is 2.92. The van der Waals surface area contributed by atoms with Crippen LogP contribution in [0.2, 0.25) is 0 Å². The van der Waals surface area contributed by atoms with E-state index >= 15 is 0 Å². The number of halogens is 2. The first-order chi connectivity index (χ1) is 3.30. The van der Waals surface area contributed by atoms with Crippen LogP contribution in [0.15, 0.2) is 21.9 Å². The van der Waals surface area contributed by atoms with Gasteiger partial charge < -0.3 is 0 Å². The van der Waals surface area contributed by atoms with Crippen molar-refractivity contribution in [1.29, 1.82) is 0 Å². The first-order valence-electron chi connectivity index (χ1n) is 2.31. The van der Waals surface area contributed by atoms with E-state index in [0.717, 1.165) is 0 Å². The molecule has 9 heavy (non-hydrogen) atoms. The summed E-state index contributed by atoms with van der Waals surface area (Å²) in [5, 5.41) is 0. The predicted molar refractivity (Wildman–Crippen MR) is 47.1 cm³/mol. The number of allylic oxidation sites excluding steroid dienone is 4. The van der Waals surface area contributed by atoms with Gasteiger partial charge in [0.2, 0.25) is 0 Å². The van der Waals surface area contributed by atoms with E-state index in [4.69, 9.17) is 0 Å². The van der Waals surface area contributed by atoms with Crippen molar-refractivity contribution in [2.75, 3.05) is 0 Å². The Morgan fingerprint density at radius 2 is 2.00 bits per heavy atom. The number of hydrogen-bond acceptors (Lipinski definition) is 0. The van der Waals surface area contributed by atoms with Gasteiger partial charge in [-0.3, -0.25) is 0 Å². The van der Waals surface area contributed by atoms with Gasteiger partial charge in [0.1, 0.15) is 0 Å². The standard InChI is InChI=1S/C6H7.2BrH.Os/c1-6-4-2-3-5-6;;;/h2,4H,3H2,1H3;2*1H;. The molecule has 0 aromatic rings. The van der Waals surface area contributed by atoms with E-state index in [-0.39, 0.29) is 34.0 Å². The topological polar surface area (TPSA) is 0 Å². The number of rotatable bonds is 0. The third-order valence-corrected chi connectivity index (χ3v) is 2.60. The van der Waals surface area contributed by atoms with Crippen LogP contribution in [-0.4, -0.2) is 0 Å². The van der Waals surface area contributed by atoms with Crippen LogP contribution in [-0.2, 0) is 18.6 Å². The molecule has 0 atom stereocenters. The molecule has 0 heterocycles. The first kappa shape index (κ1) is 12.7. The summed E-state index contributed by atoms with van der Waals surface area (Å²) in [6, 6.07) is 0. The summed E-state index contributed by atoms with van der Waals surface area (Å²) >= 11 is 1.99. The van der Waals surface area contributed by atoms with Crippen molar-refractivity contribution in [2.45, 2.75) is 13.3 Å². The Morgan fingerprint density at radius 1 is 1.44 bits per heavy atom. The maximum absolute atomic E-state index is 2.21. The van der Waals surface area contributed by atoms with Gasteiger partial charge in [-0.15, -0.1) is 34.0 Å². The van der Waals surface area contributed by atoms with E-state index in [0.29, 0.717) is 0 Å². The van der Waals surface area contributed by atoms with E-state index in [1.54, 1.807) is 4.13 Å². The van der Waals surface area contributed by atoms with Gasteiger partial charge in [0.05, 0.1) is 0 Å². The second-order valence-electron chi connectivity index (χ2n) is 1.68. The molecule has 0 radical (unpaired) electrons. The molecule has 0 aromatic carbocycles. The van der Waals surface area contributed by atoms with Gasteiger partial charge in [-0.25, -0.2) is 0 Å². The SMILES string of the molecule is Br.Br.CC1=[C]([Os])CC=C1. The van der Waals surface area contributed by atoms with E-state index in [9.17, 15) is 0 Å². The molecular formula is C6H9Br2Os. The fraction of sp³-hybridized carbons (Fsp3) is 0.333. The Hall–Kier alpha value is 1.08. The van der Waals surface area contributed by atoms with Crippen LogP contribution in [0.1, 0.15) is 13.3 Å². The van der Waals surface area contributed by atoms with E-state index in [1.165, 1.54) is 12.0 Å². The molecule has 0 N–H and O–H groups in total. The van der Waals surface area contributed by atoms with Gasteiger partial charge in [-0.2, -0.15) is 0 Å². The summed E-state index contributed by atoms with van der Waals surface area (Å²) in [6.07, 6.45) is 5.57. The van der Waals surface area contributed by atoms with E-state index < -0.39 is 0 Å². The zero-order valence-electron chi connectivity index (χ0n) is 5.03. The fourth-order valence-corrected chi connectivity index (χ4v) is 1.10. The molecule has 0 bridgehead atoms. The molecule has 1 aliphatic rings. The Kier molecular flexibility index (Phi) is 8.24. The summed E-state index contributed by atoms with van der Waals surface area (Å²) in [4.78, 5) is 0. The summed E-state index contributed by atoms with van der Waals surface area (Å²) < 4.78 is 1.54. The molecule has 0 spiro atoms. The molecule has 0 nitrogen and oxygen atoms in total. The molecule has 0 fully saturated rings. The molecule has 0 aromatic heterocycles. The minimum absolute atomic E-state index is 0. The van der Waals surface area contributed by atoms with Crippen LogP contribution in [0.4, 0.5) is 0 Å². The molecule has 1 rings (SSSR count). The van der Waals surface area contributed by atoms with Gasteiger partial charge in [0.25, 0.3) is 0 Å². The van der Waals surface area contributed by atoms with Crippen molar-refractivity contribution >= 4 is 34.0 Å². The molecule has 3 heteroatoms. The van der Waals surface area contributed by atoms with E-state index in [1.807, 2.05) is 18.6 Å². The minimum atomic E-state index is 0. The van der Waals surface area contributed by atoms with Gasteiger partial charge in [-0.1, -0.05) is 0 Å². The van der Waals surface area contributed by atoms with Crippen molar-refractivity contribution in [2.24, 2.45) is 0 Å². The van der Waals surface area contributed by atoms with Crippen molar-refractivity contribution in [3.05, 3.63) is 21.9 Å². The molecule has 0 unspecified atom stereocenters. The third-order valence-electron chi connectivity index (χ3n) is 1.08. The average Bonchev–Trinajstić information content (AvgIpc) is 1.91. The quantitative estimate of drug-likeness (QED) is 0.554. The second-order valence-corrected chi connectivity index (χ2v) is 3.21. The van der Waals surface area contributed by atoms with Crippen LogP contribution >= 0.6 is 34.0 Å². The van der Waals surface area contributed by atoms with Crippen molar-refractivity contribution in [3.63, 3.8) is 0 Å². The van der Waals surface area contributed by atoms with Gasteiger partial charge in [0.15, 0.2) is 0 Å². The van der Waals surface area contributed by atoms with Gasteiger partial charge >= 0.3 is 53.8 Å². The van der Waals surface area contributed by atoms with Crippen LogP contribution in [0.25, 0.3) is 0 Å². The summed E-state index contributed by atoms with van der Waals surface area (Å²) in [5.41, 5.74) is 1.46. The van der Waals surface area contributed by atoms with Gasteiger partial charge in [-0.05, 0) is 0 Å². The molecule has 0 saturated heterocycles. The molecule has 1 aliphatic carbocycles. The van der Waals surface area contributed by atoms with Crippen LogP contribution in [0.5, 0.6) is 0 Å². The van der Waals surface area contributed by atoms with Crippen LogP contribution in [0, 0.1) is 0 Å². The van der Waals surface area contributed by atoms with Crippen LogP contribution < -0.4 is 0 Å². The molecule has 0 aliphatic heterocycles. The second kappa shape index (κ2) is 5.83. The zero-order valence-corrected chi connectivity index (χ0v) is 11.0. The third kappa shape index (κ3) is 3.70. The molecule has 55 valence electrons. The summed E-state index contributed by atoms with van der Waals surface area (Å²) in [6.45, 7) is 2.16.